The summed E-state index contributed by atoms with van der Waals surface area (Å²) in [5.41, 5.74) is 1.67. The fourth-order valence-corrected chi connectivity index (χ4v) is 4.97. The molecule has 2 aliphatic rings. The normalized spacial score (nSPS) is 20.1. The minimum atomic E-state index is -0.687. The number of amidine groups is 1. The molecule has 1 saturated carbocycles. The van der Waals surface area contributed by atoms with E-state index in [0.717, 1.165) is 6.07 Å². The van der Waals surface area contributed by atoms with Gasteiger partial charge in [-0.1, -0.05) is 30.7 Å². The van der Waals surface area contributed by atoms with Crippen molar-refractivity contribution >= 4 is 39.8 Å². The number of hydrogen-bond donors (Lipinski definition) is 1. The number of rotatable bonds is 3. The highest BCUT2D eigenvalue weighted by molar-refractivity contribution is 6.33. The predicted octanol–water partition coefficient (Wildman–Crippen LogP) is 6.11. The number of halogens is 3. The van der Waals surface area contributed by atoms with Gasteiger partial charge in [0.25, 0.3) is 5.69 Å². The molecule has 0 saturated heterocycles. The molecular formula is C25H16ClF2N5O2. The smallest absolute Gasteiger partial charge is 0.270 e. The largest absolute Gasteiger partial charge is 0.324 e. The highest BCUT2D eigenvalue weighted by Crippen LogP contribution is 2.54. The first-order valence-corrected chi connectivity index (χ1v) is 11.2. The number of benzene rings is 3. The maximum absolute atomic E-state index is 14.8. The number of hydrogen-bond acceptors (Lipinski definition) is 6. The van der Waals surface area contributed by atoms with Gasteiger partial charge in [-0.05, 0) is 30.2 Å². The van der Waals surface area contributed by atoms with Crippen molar-refractivity contribution in [1.82, 2.24) is 9.97 Å². The Bertz CT molecular complexity index is 1590. The Morgan fingerprint density at radius 3 is 2.63 bits per heavy atom. The molecule has 7 nitrogen and oxygen atoms in total. The van der Waals surface area contributed by atoms with Crippen LogP contribution in [0.4, 0.5) is 20.3 Å². The lowest BCUT2D eigenvalue weighted by Gasteiger charge is -2.19. The summed E-state index contributed by atoms with van der Waals surface area (Å²) in [6.07, 6.45) is 0. The Balaban J connectivity index is 1.49. The fraction of sp³-hybridized carbons (Fsp3) is 0.160. The Kier molecular flexibility index (Phi) is 4.79. The van der Waals surface area contributed by atoms with Gasteiger partial charge in [0.15, 0.2) is 5.82 Å². The van der Waals surface area contributed by atoms with Crippen LogP contribution in [0.25, 0.3) is 22.3 Å². The average Bonchev–Trinajstić information content (AvgIpc) is 3.47. The molecule has 4 aromatic rings. The lowest BCUT2D eigenvalue weighted by Crippen LogP contribution is -2.22. The average molecular weight is 492 g/mol. The Labute approximate surface area is 202 Å². The van der Waals surface area contributed by atoms with Crippen LogP contribution in [0, 0.1) is 27.7 Å². The van der Waals surface area contributed by atoms with Gasteiger partial charge in [0.1, 0.15) is 23.3 Å². The van der Waals surface area contributed by atoms with Crippen LogP contribution in [0.2, 0.25) is 5.02 Å². The number of aromatic nitrogens is 2. The van der Waals surface area contributed by atoms with Crippen molar-refractivity contribution in [1.29, 1.82) is 0 Å². The van der Waals surface area contributed by atoms with Crippen LogP contribution in [0.1, 0.15) is 24.0 Å². The molecule has 1 N–H and O–H groups in total. The van der Waals surface area contributed by atoms with Crippen molar-refractivity contribution in [3.8, 4) is 11.4 Å². The Morgan fingerprint density at radius 2 is 1.86 bits per heavy atom. The van der Waals surface area contributed by atoms with Gasteiger partial charge in [-0.15, -0.1) is 0 Å². The van der Waals surface area contributed by atoms with Crippen LogP contribution in [0.5, 0.6) is 0 Å². The SMILES string of the molecule is CC1C2N=C(Nc3nc(-c4ccc([N+](=O)[O-])cc4Cl)nc4ccccc34)c3cc(F)cc(F)c3C12. The van der Waals surface area contributed by atoms with Gasteiger partial charge in [-0.25, -0.2) is 18.7 Å². The van der Waals surface area contributed by atoms with Crippen molar-refractivity contribution in [3.63, 3.8) is 0 Å². The second kappa shape index (κ2) is 7.78. The van der Waals surface area contributed by atoms with Crippen molar-refractivity contribution in [3.05, 3.63) is 92.5 Å². The molecule has 6 rings (SSSR count). The molecule has 0 bridgehead atoms. The van der Waals surface area contributed by atoms with E-state index < -0.39 is 16.6 Å². The number of fused-ring (bicyclic) bond motifs is 4. The van der Waals surface area contributed by atoms with Crippen molar-refractivity contribution in [2.24, 2.45) is 10.9 Å². The topological polar surface area (TPSA) is 93.3 Å². The molecule has 174 valence electrons. The van der Waals surface area contributed by atoms with Gasteiger partial charge in [0.2, 0.25) is 0 Å². The summed E-state index contributed by atoms with van der Waals surface area (Å²) < 4.78 is 28.9. The third kappa shape index (κ3) is 3.50. The monoisotopic (exact) mass is 491 g/mol. The van der Waals surface area contributed by atoms with E-state index in [2.05, 4.69) is 15.3 Å². The standard InChI is InChI=1S/C25H16ClF2N5O2/c1-11-20-21-16(8-12(27)9-18(21)28)25(30-22(11)20)32-24-15-4-2-3-5-19(15)29-23(31-24)14-7-6-13(33(34)35)10-17(14)26/h2-11,20,22H,1H3,(H,29,30,31,32). The molecule has 1 fully saturated rings. The molecule has 0 spiro atoms. The summed E-state index contributed by atoms with van der Waals surface area (Å²) in [5, 5.41) is 15.1. The minimum absolute atomic E-state index is 0.0761. The van der Waals surface area contributed by atoms with E-state index in [0.29, 0.717) is 39.2 Å². The number of nitrogens with one attached hydrogen (secondary N) is 1. The lowest BCUT2D eigenvalue weighted by atomic mass is 9.98. The summed E-state index contributed by atoms with van der Waals surface area (Å²) in [6.45, 7) is 1.99. The summed E-state index contributed by atoms with van der Waals surface area (Å²) in [4.78, 5) is 24.5. The minimum Gasteiger partial charge on any atom is -0.324 e. The number of aliphatic imine (C=N–C) groups is 1. The maximum atomic E-state index is 14.8. The summed E-state index contributed by atoms with van der Waals surface area (Å²) in [7, 11) is 0. The fourth-order valence-electron chi connectivity index (χ4n) is 4.71. The second-order valence-electron chi connectivity index (χ2n) is 8.66. The molecule has 1 aromatic heterocycles. The molecule has 0 radical (unpaired) electrons. The van der Waals surface area contributed by atoms with Gasteiger partial charge in [-0.3, -0.25) is 15.1 Å². The summed E-state index contributed by atoms with van der Waals surface area (Å²) >= 11 is 6.33. The molecule has 1 aliphatic carbocycles. The van der Waals surface area contributed by atoms with Gasteiger partial charge < -0.3 is 5.32 Å². The molecule has 3 aromatic carbocycles. The zero-order chi connectivity index (χ0) is 24.4. The molecule has 35 heavy (non-hydrogen) atoms. The first-order chi connectivity index (χ1) is 16.8. The molecule has 2 heterocycles. The highest BCUT2D eigenvalue weighted by atomic mass is 35.5. The molecule has 0 amide bonds. The van der Waals surface area contributed by atoms with E-state index in [-0.39, 0.29) is 34.4 Å². The van der Waals surface area contributed by atoms with Crippen LogP contribution in [-0.2, 0) is 0 Å². The summed E-state index contributed by atoms with van der Waals surface area (Å²) in [5.74, 6) is -0.259. The van der Waals surface area contributed by atoms with Crippen LogP contribution >= 0.6 is 11.6 Å². The zero-order valence-corrected chi connectivity index (χ0v) is 18.9. The number of nitro groups is 1. The van der Waals surface area contributed by atoms with Crippen LogP contribution < -0.4 is 5.32 Å². The second-order valence-corrected chi connectivity index (χ2v) is 9.07. The number of anilines is 1. The van der Waals surface area contributed by atoms with Crippen molar-refractivity contribution < 1.29 is 13.7 Å². The first-order valence-electron chi connectivity index (χ1n) is 10.9. The Hall–Kier alpha value is -3.98. The number of nitrogens with zero attached hydrogens (tertiary/aromatic N) is 4. The van der Waals surface area contributed by atoms with E-state index in [1.54, 1.807) is 6.07 Å². The van der Waals surface area contributed by atoms with E-state index in [1.807, 2.05) is 25.1 Å². The van der Waals surface area contributed by atoms with Crippen molar-refractivity contribution in [2.75, 3.05) is 5.32 Å². The number of para-hydroxylation sites is 1. The Morgan fingerprint density at radius 1 is 1.06 bits per heavy atom. The van der Waals surface area contributed by atoms with Crippen molar-refractivity contribution in [2.45, 2.75) is 18.9 Å². The highest BCUT2D eigenvalue weighted by Gasteiger charge is 2.53. The molecule has 1 aliphatic heterocycles. The van der Waals surface area contributed by atoms with Crippen LogP contribution in [0.3, 0.4) is 0 Å². The lowest BCUT2D eigenvalue weighted by molar-refractivity contribution is -0.384. The van der Waals surface area contributed by atoms with E-state index in [4.69, 9.17) is 16.6 Å². The van der Waals surface area contributed by atoms with E-state index >= 15 is 0 Å². The van der Waals surface area contributed by atoms with E-state index in [9.17, 15) is 18.9 Å². The van der Waals surface area contributed by atoms with Crippen LogP contribution in [0.15, 0.2) is 59.6 Å². The molecule has 10 heteroatoms. The van der Waals surface area contributed by atoms with E-state index in [1.165, 1.54) is 24.3 Å². The molecule has 3 unspecified atom stereocenters. The molecular weight excluding hydrogens is 476 g/mol. The summed E-state index contributed by atoms with van der Waals surface area (Å²) in [6, 6.07) is 13.4. The number of non-ortho nitro benzene ring substituents is 1. The third-order valence-electron chi connectivity index (χ3n) is 6.54. The molecule has 3 atom stereocenters. The first kappa shape index (κ1) is 21.5. The number of nitro benzene ring substituents is 1. The van der Waals surface area contributed by atoms with Gasteiger partial charge in [0, 0.05) is 46.2 Å². The quantitative estimate of drug-likeness (QED) is 0.275. The van der Waals surface area contributed by atoms with Crippen LogP contribution in [-0.4, -0.2) is 26.8 Å². The zero-order valence-electron chi connectivity index (χ0n) is 18.2. The van der Waals surface area contributed by atoms with Gasteiger partial charge >= 0.3 is 0 Å². The third-order valence-corrected chi connectivity index (χ3v) is 6.85. The maximum Gasteiger partial charge on any atom is 0.270 e. The predicted molar refractivity (Wildman–Crippen MR) is 129 cm³/mol. The van der Waals surface area contributed by atoms with Gasteiger partial charge in [0.05, 0.1) is 21.5 Å². The van der Waals surface area contributed by atoms with Gasteiger partial charge in [-0.2, -0.15) is 0 Å².